The van der Waals surface area contributed by atoms with Crippen molar-refractivity contribution in [2.45, 2.75) is 19.4 Å². The van der Waals surface area contributed by atoms with Crippen LogP contribution in [0.2, 0.25) is 0 Å². The maximum atomic E-state index is 12.8. The lowest BCUT2D eigenvalue weighted by Gasteiger charge is -2.16. The van der Waals surface area contributed by atoms with Gasteiger partial charge in [-0.15, -0.1) is 0 Å². The fraction of sp³-hybridized carbons (Fsp3) is 0.227. The fourth-order valence-corrected chi connectivity index (χ4v) is 3.75. The highest BCUT2D eigenvalue weighted by Gasteiger charge is 2.36. The largest absolute Gasteiger partial charge is 0.497 e. The molecule has 0 bridgehead atoms. The number of carboxylic acid groups (broad SMARTS) is 1. The number of methoxy groups -OCH3 is 2. The molecule has 0 spiro atoms. The van der Waals surface area contributed by atoms with Gasteiger partial charge in [0.15, 0.2) is 17.6 Å². The van der Waals surface area contributed by atoms with E-state index in [1.165, 1.54) is 14.2 Å². The highest BCUT2D eigenvalue weighted by atomic mass is 32.2. The molecule has 1 aliphatic heterocycles. The first kappa shape index (κ1) is 22.2. The summed E-state index contributed by atoms with van der Waals surface area (Å²) in [6.45, 7) is 1.71. The van der Waals surface area contributed by atoms with Crippen LogP contribution in [0.25, 0.3) is 6.08 Å². The Kier molecular flexibility index (Phi) is 6.86. The molecular weight excluding hydrogens is 422 g/mol. The number of nitrogens with zero attached hydrogens (tertiary/aromatic N) is 1. The number of rotatable bonds is 8. The molecule has 1 fully saturated rings. The quantitative estimate of drug-likeness (QED) is 0.606. The highest BCUT2D eigenvalue weighted by molar-refractivity contribution is 8.19. The Labute approximate surface area is 183 Å². The van der Waals surface area contributed by atoms with Crippen molar-refractivity contribution in [2.24, 2.45) is 0 Å². The number of aliphatic carboxylic acids is 1. The molecule has 162 valence electrons. The molecule has 0 saturated carbocycles. The van der Waals surface area contributed by atoms with Gasteiger partial charge in [-0.2, -0.15) is 0 Å². The first-order valence-corrected chi connectivity index (χ1v) is 10.2. The van der Waals surface area contributed by atoms with E-state index in [9.17, 15) is 19.5 Å². The predicted octanol–water partition coefficient (Wildman–Crippen LogP) is 4.19. The van der Waals surface area contributed by atoms with E-state index < -0.39 is 23.2 Å². The summed E-state index contributed by atoms with van der Waals surface area (Å²) in [4.78, 5) is 37.8. The summed E-state index contributed by atoms with van der Waals surface area (Å²) in [5, 5.41) is 8.78. The van der Waals surface area contributed by atoms with Gasteiger partial charge < -0.3 is 19.3 Å². The third-order valence-electron chi connectivity index (χ3n) is 4.53. The number of imide groups is 1. The lowest BCUT2D eigenvalue weighted by atomic mass is 10.1. The number of thioether (sulfide) groups is 1. The summed E-state index contributed by atoms with van der Waals surface area (Å²) in [5.74, 6) is -0.283. The SMILES string of the molecule is CCC(Oc1ccc(/C=C2/SC(=O)N(c3ccc(OC)cc3)C2=O)cc1OC)C(=O)O. The minimum absolute atomic E-state index is 0.258. The van der Waals surface area contributed by atoms with Crippen LogP contribution in [0.1, 0.15) is 18.9 Å². The van der Waals surface area contributed by atoms with Gasteiger partial charge in [-0.3, -0.25) is 9.59 Å². The molecule has 1 atom stereocenters. The molecule has 3 rings (SSSR count). The zero-order valence-corrected chi connectivity index (χ0v) is 18.0. The molecule has 2 aromatic carbocycles. The number of amides is 2. The van der Waals surface area contributed by atoms with Crippen molar-refractivity contribution in [3.8, 4) is 17.2 Å². The summed E-state index contributed by atoms with van der Waals surface area (Å²) in [5.41, 5.74) is 1.06. The summed E-state index contributed by atoms with van der Waals surface area (Å²) < 4.78 is 15.9. The summed E-state index contributed by atoms with van der Waals surface area (Å²) in [6, 6.07) is 11.5. The van der Waals surface area contributed by atoms with Crippen LogP contribution in [0.3, 0.4) is 0 Å². The number of benzene rings is 2. The van der Waals surface area contributed by atoms with Crippen LogP contribution in [0.15, 0.2) is 47.4 Å². The van der Waals surface area contributed by atoms with Crippen molar-refractivity contribution >= 4 is 40.6 Å². The topological polar surface area (TPSA) is 102 Å². The lowest BCUT2D eigenvalue weighted by Crippen LogP contribution is -2.27. The smallest absolute Gasteiger partial charge is 0.344 e. The lowest BCUT2D eigenvalue weighted by molar-refractivity contribution is -0.145. The minimum atomic E-state index is -1.07. The first-order chi connectivity index (χ1) is 14.9. The van der Waals surface area contributed by atoms with Crippen molar-refractivity contribution in [3.05, 3.63) is 52.9 Å². The molecule has 0 aromatic heterocycles. The van der Waals surface area contributed by atoms with Crippen LogP contribution in [0.5, 0.6) is 17.2 Å². The molecule has 1 saturated heterocycles. The van der Waals surface area contributed by atoms with E-state index in [1.807, 2.05) is 0 Å². The van der Waals surface area contributed by atoms with E-state index >= 15 is 0 Å². The Morgan fingerprint density at radius 2 is 1.81 bits per heavy atom. The van der Waals surface area contributed by atoms with Crippen LogP contribution >= 0.6 is 11.8 Å². The molecule has 0 aliphatic carbocycles. The van der Waals surface area contributed by atoms with Crippen LogP contribution in [0.4, 0.5) is 10.5 Å². The first-order valence-electron chi connectivity index (χ1n) is 9.37. The van der Waals surface area contributed by atoms with E-state index in [4.69, 9.17) is 14.2 Å². The van der Waals surface area contributed by atoms with Gasteiger partial charge in [-0.25, -0.2) is 9.69 Å². The van der Waals surface area contributed by atoms with Crippen molar-refractivity contribution < 1.29 is 33.7 Å². The number of hydrogen-bond donors (Lipinski definition) is 1. The van der Waals surface area contributed by atoms with E-state index in [2.05, 4.69) is 0 Å². The Morgan fingerprint density at radius 3 is 2.39 bits per heavy atom. The number of carbonyl (C=O) groups is 3. The molecule has 9 heteroatoms. The molecule has 1 heterocycles. The normalized spacial score (nSPS) is 15.8. The molecule has 2 amide bonds. The zero-order valence-electron chi connectivity index (χ0n) is 17.2. The monoisotopic (exact) mass is 443 g/mol. The van der Waals surface area contributed by atoms with E-state index in [1.54, 1.807) is 55.5 Å². The number of carboxylic acids is 1. The van der Waals surface area contributed by atoms with Crippen LogP contribution < -0.4 is 19.1 Å². The Hall–Kier alpha value is -3.46. The Balaban J connectivity index is 1.84. The number of hydrogen-bond acceptors (Lipinski definition) is 7. The second kappa shape index (κ2) is 9.57. The summed E-state index contributed by atoms with van der Waals surface area (Å²) in [6.07, 6.45) is 0.870. The number of ether oxygens (including phenoxy) is 3. The van der Waals surface area contributed by atoms with E-state index in [0.29, 0.717) is 29.2 Å². The second-order valence-corrected chi connectivity index (χ2v) is 7.47. The van der Waals surface area contributed by atoms with Crippen LogP contribution in [-0.2, 0) is 9.59 Å². The van der Waals surface area contributed by atoms with E-state index in [-0.39, 0.29) is 10.7 Å². The third-order valence-corrected chi connectivity index (χ3v) is 5.39. The van der Waals surface area contributed by atoms with Gasteiger partial charge >= 0.3 is 5.97 Å². The second-order valence-electron chi connectivity index (χ2n) is 6.48. The molecule has 8 nitrogen and oxygen atoms in total. The number of carbonyl (C=O) groups excluding carboxylic acids is 2. The molecule has 1 N–H and O–H groups in total. The standard InChI is InChI=1S/C22H21NO7S/c1-4-16(21(25)26)30-17-10-5-13(11-18(17)29-3)12-19-20(24)23(22(27)31-19)14-6-8-15(28-2)9-7-14/h5-12,16H,4H2,1-3H3,(H,25,26)/b19-12+. The molecule has 2 aromatic rings. The summed E-state index contributed by atoms with van der Waals surface area (Å²) in [7, 11) is 2.97. The highest BCUT2D eigenvalue weighted by Crippen LogP contribution is 2.37. The van der Waals surface area contributed by atoms with Crippen molar-refractivity contribution in [1.29, 1.82) is 0 Å². The van der Waals surface area contributed by atoms with Gasteiger partial charge in [0, 0.05) is 0 Å². The van der Waals surface area contributed by atoms with Gasteiger partial charge in [0.25, 0.3) is 11.1 Å². The Morgan fingerprint density at radius 1 is 1.10 bits per heavy atom. The number of anilines is 1. The van der Waals surface area contributed by atoms with Crippen molar-refractivity contribution in [2.75, 3.05) is 19.1 Å². The van der Waals surface area contributed by atoms with Gasteiger partial charge in [0.1, 0.15) is 5.75 Å². The minimum Gasteiger partial charge on any atom is -0.497 e. The Bertz CT molecular complexity index is 1030. The average molecular weight is 443 g/mol. The van der Waals surface area contributed by atoms with Crippen molar-refractivity contribution in [1.82, 2.24) is 0 Å². The van der Waals surface area contributed by atoms with Crippen LogP contribution in [0, 0.1) is 0 Å². The fourth-order valence-electron chi connectivity index (χ4n) is 2.91. The zero-order chi connectivity index (χ0) is 22.5. The third kappa shape index (κ3) is 4.83. The molecule has 31 heavy (non-hydrogen) atoms. The van der Waals surface area contributed by atoms with E-state index in [0.717, 1.165) is 16.7 Å². The van der Waals surface area contributed by atoms with Gasteiger partial charge in [-0.1, -0.05) is 13.0 Å². The summed E-state index contributed by atoms with van der Waals surface area (Å²) >= 11 is 0.835. The van der Waals surface area contributed by atoms with Gasteiger partial charge in [0.2, 0.25) is 0 Å². The maximum Gasteiger partial charge on any atom is 0.344 e. The maximum absolute atomic E-state index is 12.8. The van der Waals surface area contributed by atoms with Crippen LogP contribution in [-0.4, -0.2) is 42.5 Å². The van der Waals surface area contributed by atoms with Crippen molar-refractivity contribution in [3.63, 3.8) is 0 Å². The van der Waals surface area contributed by atoms with Gasteiger partial charge in [-0.05, 0) is 66.2 Å². The molecular formula is C22H21NO7S. The predicted molar refractivity (Wildman–Crippen MR) is 117 cm³/mol. The average Bonchev–Trinajstić information content (AvgIpc) is 3.05. The van der Waals surface area contributed by atoms with Gasteiger partial charge in [0.05, 0.1) is 24.8 Å². The molecule has 1 unspecified atom stereocenters. The molecule has 1 aliphatic rings. The molecule has 0 radical (unpaired) electrons.